The van der Waals surface area contributed by atoms with E-state index in [9.17, 15) is 18.0 Å². The Balaban J connectivity index is 2.17. The molecule has 0 aliphatic carbocycles. The van der Waals surface area contributed by atoms with E-state index in [1.54, 1.807) is 0 Å². The molecule has 2 amide bonds. The monoisotopic (exact) mass is 274 g/mol. The summed E-state index contributed by atoms with van der Waals surface area (Å²) in [5.41, 5.74) is -0.934. The number of amides is 2. The third-order valence-electron chi connectivity index (χ3n) is 2.94. The van der Waals surface area contributed by atoms with Crippen LogP contribution >= 0.6 is 0 Å². The lowest BCUT2D eigenvalue weighted by Gasteiger charge is -2.14. The second-order valence-corrected chi connectivity index (χ2v) is 4.68. The topological polar surface area (TPSA) is 58.1 Å². The molecule has 0 spiro atoms. The van der Waals surface area contributed by atoms with Crippen molar-refractivity contribution in [2.75, 3.05) is 11.4 Å². The lowest BCUT2D eigenvalue weighted by atomic mass is 10.1. The highest BCUT2D eigenvalue weighted by Crippen LogP contribution is 2.28. The largest absolute Gasteiger partial charge is 0.419 e. The first kappa shape index (κ1) is 13.6. The Morgan fingerprint density at radius 2 is 1.95 bits per heavy atom. The van der Waals surface area contributed by atoms with Gasteiger partial charge < -0.3 is 5.32 Å². The first-order valence-corrected chi connectivity index (χ1v) is 5.76. The molecule has 104 valence electrons. The van der Waals surface area contributed by atoms with E-state index < -0.39 is 17.8 Å². The van der Waals surface area contributed by atoms with Crippen molar-refractivity contribution in [3.05, 3.63) is 18.0 Å². The molecule has 2 heterocycles. The molecule has 1 aromatic heterocycles. The summed E-state index contributed by atoms with van der Waals surface area (Å²) < 4.78 is 37.1. The smallest absolute Gasteiger partial charge is 0.333 e. The predicted octanol–water partition coefficient (Wildman–Crippen LogP) is 2.05. The Hall–Kier alpha value is -1.86. The van der Waals surface area contributed by atoms with Gasteiger partial charge in [0.15, 0.2) is 0 Å². The number of rotatable bonds is 2. The zero-order valence-corrected chi connectivity index (χ0v) is 10.4. The van der Waals surface area contributed by atoms with Crippen molar-refractivity contribution in [2.45, 2.75) is 26.1 Å². The minimum Gasteiger partial charge on any atom is -0.333 e. The van der Waals surface area contributed by atoms with Gasteiger partial charge in [-0.25, -0.2) is 14.8 Å². The van der Waals surface area contributed by atoms with E-state index in [2.05, 4.69) is 15.3 Å². The van der Waals surface area contributed by atoms with Crippen LogP contribution in [0.25, 0.3) is 0 Å². The Labute approximate surface area is 107 Å². The van der Waals surface area contributed by atoms with Crippen LogP contribution in [0.3, 0.4) is 0 Å². The number of carbonyl (C=O) groups excluding carboxylic acids is 1. The summed E-state index contributed by atoms with van der Waals surface area (Å²) in [4.78, 5) is 20.1. The molecule has 0 radical (unpaired) electrons. The van der Waals surface area contributed by atoms with E-state index in [-0.39, 0.29) is 17.9 Å². The van der Waals surface area contributed by atoms with E-state index in [0.717, 1.165) is 0 Å². The van der Waals surface area contributed by atoms with E-state index in [1.807, 2.05) is 13.8 Å². The fourth-order valence-corrected chi connectivity index (χ4v) is 1.72. The number of nitrogens with zero attached hydrogens (tertiary/aromatic N) is 3. The van der Waals surface area contributed by atoms with Crippen LogP contribution in [0.2, 0.25) is 0 Å². The van der Waals surface area contributed by atoms with Crippen molar-refractivity contribution in [1.29, 1.82) is 0 Å². The van der Waals surface area contributed by atoms with Crippen molar-refractivity contribution in [2.24, 2.45) is 5.92 Å². The molecule has 0 saturated carbocycles. The van der Waals surface area contributed by atoms with Crippen LogP contribution in [0.1, 0.15) is 19.4 Å². The summed E-state index contributed by atoms with van der Waals surface area (Å²) in [7, 11) is 0. The Morgan fingerprint density at radius 3 is 2.37 bits per heavy atom. The van der Waals surface area contributed by atoms with E-state index in [1.165, 1.54) is 4.90 Å². The number of carbonyl (C=O) groups is 1. The molecule has 2 rings (SSSR count). The Kier molecular flexibility index (Phi) is 3.34. The minimum absolute atomic E-state index is 0.0198. The summed E-state index contributed by atoms with van der Waals surface area (Å²) in [6.45, 7) is 4.24. The molecule has 8 heteroatoms. The van der Waals surface area contributed by atoms with Crippen molar-refractivity contribution in [1.82, 2.24) is 15.3 Å². The van der Waals surface area contributed by atoms with Crippen LogP contribution in [-0.4, -0.2) is 28.6 Å². The number of anilines is 1. The summed E-state index contributed by atoms with van der Waals surface area (Å²) in [5.74, 6) is 0.206. The van der Waals surface area contributed by atoms with Crippen LogP contribution < -0.4 is 10.2 Å². The third kappa shape index (κ3) is 2.77. The highest BCUT2D eigenvalue weighted by Gasteiger charge is 2.35. The van der Waals surface area contributed by atoms with Crippen molar-refractivity contribution < 1.29 is 18.0 Å². The van der Waals surface area contributed by atoms with Crippen molar-refractivity contribution in [3.63, 3.8) is 0 Å². The van der Waals surface area contributed by atoms with Gasteiger partial charge in [0.2, 0.25) is 5.95 Å². The van der Waals surface area contributed by atoms with Crippen LogP contribution in [-0.2, 0) is 6.18 Å². The van der Waals surface area contributed by atoms with E-state index in [4.69, 9.17) is 0 Å². The number of hydrogen-bond acceptors (Lipinski definition) is 3. The fourth-order valence-electron chi connectivity index (χ4n) is 1.72. The molecule has 1 N–H and O–H groups in total. The Morgan fingerprint density at radius 1 is 1.37 bits per heavy atom. The summed E-state index contributed by atoms with van der Waals surface area (Å²) in [6.07, 6.45) is -3.12. The number of halogens is 3. The lowest BCUT2D eigenvalue weighted by molar-refractivity contribution is -0.138. The zero-order valence-electron chi connectivity index (χ0n) is 10.4. The average Bonchev–Trinajstić information content (AvgIpc) is 2.70. The maximum atomic E-state index is 12.4. The average molecular weight is 274 g/mol. The molecule has 1 aliphatic heterocycles. The van der Waals surface area contributed by atoms with Crippen molar-refractivity contribution >= 4 is 12.0 Å². The third-order valence-corrected chi connectivity index (χ3v) is 2.94. The second-order valence-electron chi connectivity index (χ2n) is 4.68. The van der Waals surface area contributed by atoms with Gasteiger partial charge in [-0.3, -0.25) is 4.90 Å². The van der Waals surface area contributed by atoms with Gasteiger partial charge in [-0.05, 0) is 5.92 Å². The first-order valence-electron chi connectivity index (χ1n) is 5.76. The predicted molar refractivity (Wildman–Crippen MR) is 61.5 cm³/mol. The minimum atomic E-state index is -4.48. The molecule has 0 aromatic carbocycles. The van der Waals surface area contributed by atoms with Gasteiger partial charge in [-0.15, -0.1) is 0 Å². The molecule has 1 atom stereocenters. The fraction of sp³-hybridized carbons (Fsp3) is 0.545. The summed E-state index contributed by atoms with van der Waals surface area (Å²) >= 11 is 0. The molecule has 0 unspecified atom stereocenters. The van der Waals surface area contributed by atoms with E-state index in [0.29, 0.717) is 18.9 Å². The normalized spacial score (nSPS) is 20.0. The van der Waals surface area contributed by atoms with Gasteiger partial charge in [0.25, 0.3) is 0 Å². The number of urea groups is 1. The second kappa shape index (κ2) is 4.67. The van der Waals surface area contributed by atoms with Gasteiger partial charge in [0, 0.05) is 12.4 Å². The molecule has 1 aromatic rings. The number of alkyl halides is 3. The number of nitrogens with one attached hydrogen (secondary N) is 1. The molecular weight excluding hydrogens is 261 g/mol. The van der Waals surface area contributed by atoms with Crippen LogP contribution in [0.5, 0.6) is 0 Å². The SMILES string of the molecule is CC(C)[C@H]1CN(c2ncc(C(F)(F)F)cn2)C(=O)N1. The van der Waals surface area contributed by atoms with Gasteiger partial charge >= 0.3 is 12.2 Å². The first-order chi connectivity index (χ1) is 8.79. The molecular formula is C11H13F3N4O. The molecule has 5 nitrogen and oxygen atoms in total. The van der Waals surface area contributed by atoms with Crippen LogP contribution in [0.15, 0.2) is 12.4 Å². The van der Waals surface area contributed by atoms with Gasteiger partial charge in [0.1, 0.15) is 0 Å². The molecule has 0 bridgehead atoms. The van der Waals surface area contributed by atoms with Crippen molar-refractivity contribution in [3.8, 4) is 0 Å². The molecule has 1 fully saturated rings. The number of hydrogen-bond donors (Lipinski definition) is 1. The summed E-state index contributed by atoms with van der Waals surface area (Å²) in [6, 6.07) is -0.447. The van der Waals surface area contributed by atoms with E-state index >= 15 is 0 Å². The van der Waals surface area contributed by atoms with Gasteiger partial charge in [-0.2, -0.15) is 13.2 Å². The maximum absolute atomic E-state index is 12.4. The standard InChI is InChI=1S/C11H13F3N4O/c1-6(2)8-5-18(10(19)17-8)9-15-3-7(4-16-9)11(12,13)14/h3-4,6,8H,5H2,1-2H3,(H,17,19)/t8-/m1/s1. The maximum Gasteiger partial charge on any atom is 0.419 e. The van der Waals surface area contributed by atoms with Gasteiger partial charge in [0.05, 0.1) is 18.2 Å². The number of aromatic nitrogens is 2. The summed E-state index contributed by atoms with van der Waals surface area (Å²) in [5, 5.41) is 2.73. The molecule has 19 heavy (non-hydrogen) atoms. The zero-order chi connectivity index (χ0) is 14.2. The highest BCUT2D eigenvalue weighted by molar-refractivity contribution is 5.92. The van der Waals surface area contributed by atoms with Crippen LogP contribution in [0, 0.1) is 5.92 Å². The van der Waals surface area contributed by atoms with Crippen LogP contribution in [0.4, 0.5) is 23.9 Å². The lowest BCUT2D eigenvalue weighted by Crippen LogP contribution is -2.31. The van der Waals surface area contributed by atoms with Gasteiger partial charge in [-0.1, -0.05) is 13.8 Å². The highest BCUT2D eigenvalue weighted by atomic mass is 19.4. The molecule has 1 saturated heterocycles. The Bertz CT molecular complexity index is 472. The quantitative estimate of drug-likeness (QED) is 0.898. The molecule has 1 aliphatic rings.